The minimum absolute atomic E-state index is 0.232. The first kappa shape index (κ1) is 13.8. The molecule has 108 valence electrons. The minimum atomic E-state index is -0.232. The van der Waals surface area contributed by atoms with E-state index in [-0.39, 0.29) is 5.82 Å². The molecular weight excluding hydrogens is 265 g/mol. The van der Waals surface area contributed by atoms with Gasteiger partial charge in [-0.3, -0.25) is 0 Å². The lowest BCUT2D eigenvalue weighted by Gasteiger charge is -2.08. The Labute approximate surface area is 123 Å². The van der Waals surface area contributed by atoms with Gasteiger partial charge in [0.15, 0.2) is 0 Å². The van der Waals surface area contributed by atoms with Crippen molar-refractivity contribution in [2.24, 2.45) is 5.73 Å². The molecule has 2 N–H and O–H groups in total. The van der Waals surface area contributed by atoms with Crippen LogP contribution in [0.5, 0.6) is 0 Å². The zero-order chi connectivity index (χ0) is 14.8. The molecule has 3 aromatic rings. The monoisotopic (exact) mass is 283 g/mol. The van der Waals surface area contributed by atoms with Gasteiger partial charge in [0, 0.05) is 18.7 Å². The quantitative estimate of drug-likeness (QED) is 0.793. The third-order valence-corrected chi connectivity index (χ3v) is 3.61. The second-order valence-electron chi connectivity index (χ2n) is 5.12. The number of rotatable bonds is 4. The first-order valence-electron chi connectivity index (χ1n) is 7.18. The van der Waals surface area contributed by atoms with Crippen molar-refractivity contribution in [1.82, 2.24) is 9.55 Å². The average molecular weight is 283 g/mol. The molecule has 21 heavy (non-hydrogen) atoms. The van der Waals surface area contributed by atoms with E-state index in [4.69, 9.17) is 5.73 Å². The van der Waals surface area contributed by atoms with Crippen molar-refractivity contribution in [3.63, 3.8) is 0 Å². The zero-order valence-electron chi connectivity index (χ0n) is 12.0. The summed E-state index contributed by atoms with van der Waals surface area (Å²) in [5.74, 6) is 0.644. The van der Waals surface area contributed by atoms with Crippen molar-refractivity contribution in [1.29, 1.82) is 0 Å². The first-order chi connectivity index (χ1) is 10.2. The number of benzene rings is 2. The standard InChI is InChI=1S/C17H18FN3/c1-2-9-21-16-10-14(18)7-8-15(16)20-17(21)13-5-3-12(11-19)4-6-13/h3-8,10H,2,9,11,19H2,1H3. The molecule has 0 aliphatic carbocycles. The Morgan fingerprint density at radius 2 is 1.90 bits per heavy atom. The van der Waals surface area contributed by atoms with Gasteiger partial charge >= 0.3 is 0 Å². The Balaban J connectivity index is 2.17. The number of fused-ring (bicyclic) bond motifs is 1. The topological polar surface area (TPSA) is 43.8 Å². The second kappa shape index (κ2) is 5.66. The molecule has 2 aromatic carbocycles. The predicted octanol–water partition coefficient (Wildman–Crippen LogP) is 3.71. The van der Waals surface area contributed by atoms with Gasteiger partial charge in [-0.1, -0.05) is 31.2 Å². The van der Waals surface area contributed by atoms with Crippen molar-refractivity contribution in [2.45, 2.75) is 26.4 Å². The van der Waals surface area contributed by atoms with Crippen LogP contribution < -0.4 is 5.73 Å². The van der Waals surface area contributed by atoms with Gasteiger partial charge in [0.25, 0.3) is 0 Å². The molecule has 0 unspecified atom stereocenters. The molecule has 3 nitrogen and oxygen atoms in total. The third kappa shape index (κ3) is 2.54. The van der Waals surface area contributed by atoms with Crippen LogP contribution in [0.1, 0.15) is 18.9 Å². The molecule has 0 spiro atoms. The molecular formula is C17H18FN3. The Morgan fingerprint density at radius 1 is 1.14 bits per heavy atom. The summed E-state index contributed by atoms with van der Waals surface area (Å²) >= 11 is 0. The summed E-state index contributed by atoms with van der Waals surface area (Å²) in [5, 5.41) is 0. The second-order valence-corrected chi connectivity index (χ2v) is 5.12. The fourth-order valence-electron chi connectivity index (χ4n) is 2.56. The van der Waals surface area contributed by atoms with E-state index in [1.54, 1.807) is 12.1 Å². The van der Waals surface area contributed by atoms with E-state index < -0.39 is 0 Å². The molecule has 0 aliphatic rings. The molecule has 3 rings (SSSR count). The van der Waals surface area contributed by atoms with E-state index >= 15 is 0 Å². The SMILES string of the molecule is CCCn1c(-c2ccc(CN)cc2)nc2ccc(F)cc21. The molecule has 1 heterocycles. The summed E-state index contributed by atoms with van der Waals surface area (Å²) in [5.41, 5.74) is 9.41. The van der Waals surface area contributed by atoms with Crippen molar-refractivity contribution in [2.75, 3.05) is 0 Å². The summed E-state index contributed by atoms with van der Waals surface area (Å²) in [6, 6.07) is 12.8. The summed E-state index contributed by atoms with van der Waals surface area (Å²) in [6.07, 6.45) is 0.968. The van der Waals surface area contributed by atoms with Crippen LogP contribution in [0.15, 0.2) is 42.5 Å². The molecule has 0 radical (unpaired) electrons. The number of aryl methyl sites for hydroxylation is 1. The maximum Gasteiger partial charge on any atom is 0.141 e. The van der Waals surface area contributed by atoms with Crippen LogP contribution >= 0.6 is 0 Å². The normalized spacial score (nSPS) is 11.2. The summed E-state index contributed by atoms with van der Waals surface area (Å²) in [4.78, 5) is 4.66. The van der Waals surface area contributed by atoms with Crippen LogP contribution in [-0.4, -0.2) is 9.55 Å². The molecule has 0 amide bonds. The first-order valence-corrected chi connectivity index (χ1v) is 7.18. The van der Waals surface area contributed by atoms with Gasteiger partial charge in [-0.2, -0.15) is 0 Å². The van der Waals surface area contributed by atoms with Gasteiger partial charge in [0.2, 0.25) is 0 Å². The van der Waals surface area contributed by atoms with Crippen LogP contribution in [0.25, 0.3) is 22.4 Å². The van der Waals surface area contributed by atoms with Crippen LogP contribution in [0.3, 0.4) is 0 Å². The van der Waals surface area contributed by atoms with Crippen LogP contribution in [-0.2, 0) is 13.1 Å². The van der Waals surface area contributed by atoms with Gasteiger partial charge in [0.05, 0.1) is 11.0 Å². The number of imidazole rings is 1. The van der Waals surface area contributed by atoms with E-state index in [1.165, 1.54) is 6.07 Å². The number of nitrogens with two attached hydrogens (primary N) is 1. The molecule has 1 aromatic heterocycles. The van der Waals surface area contributed by atoms with Crippen molar-refractivity contribution in [3.8, 4) is 11.4 Å². The molecule has 0 saturated carbocycles. The minimum Gasteiger partial charge on any atom is -0.326 e. The number of aromatic nitrogens is 2. The molecule has 0 bridgehead atoms. The Bertz CT molecular complexity index is 760. The lowest BCUT2D eigenvalue weighted by molar-refractivity contribution is 0.627. The molecule has 0 saturated heterocycles. The maximum absolute atomic E-state index is 13.5. The number of nitrogens with zero attached hydrogens (tertiary/aromatic N) is 2. The van der Waals surface area contributed by atoms with E-state index in [0.717, 1.165) is 41.0 Å². The Hall–Kier alpha value is -2.20. The fraction of sp³-hybridized carbons (Fsp3) is 0.235. The number of hydrogen-bond donors (Lipinski definition) is 1. The highest BCUT2D eigenvalue weighted by Crippen LogP contribution is 2.26. The Kier molecular flexibility index (Phi) is 3.71. The molecule has 0 atom stereocenters. The van der Waals surface area contributed by atoms with Crippen LogP contribution in [0.2, 0.25) is 0 Å². The van der Waals surface area contributed by atoms with Crippen LogP contribution in [0, 0.1) is 5.82 Å². The molecule has 0 fully saturated rings. The van der Waals surface area contributed by atoms with Crippen molar-refractivity contribution >= 4 is 11.0 Å². The van der Waals surface area contributed by atoms with Gasteiger partial charge in [-0.15, -0.1) is 0 Å². The highest BCUT2D eigenvalue weighted by atomic mass is 19.1. The highest BCUT2D eigenvalue weighted by molar-refractivity contribution is 5.80. The number of hydrogen-bond acceptors (Lipinski definition) is 2. The van der Waals surface area contributed by atoms with Crippen molar-refractivity contribution in [3.05, 3.63) is 53.8 Å². The van der Waals surface area contributed by atoms with E-state index in [1.807, 2.05) is 24.3 Å². The van der Waals surface area contributed by atoms with Crippen molar-refractivity contribution < 1.29 is 4.39 Å². The Morgan fingerprint density at radius 3 is 2.57 bits per heavy atom. The highest BCUT2D eigenvalue weighted by Gasteiger charge is 2.12. The molecule has 0 aliphatic heterocycles. The lowest BCUT2D eigenvalue weighted by Crippen LogP contribution is -2.00. The van der Waals surface area contributed by atoms with Gasteiger partial charge in [0.1, 0.15) is 11.6 Å². The number of halogens is 1. The van der Waals surface area contributed by atoms with Crippen LogP contribution in [0.4, 0.5) is 4.39 Å². The predicted molar refractivity (Wildman–Crippen MR) is 83.3 cm³/mol. The third-order valence-electron chi connectivity index (χ3n) is 3.61. The summed E-state index contributed by atoms with van der Waals surface area (Å²) < 4.78 is 15.6. The van der Waals surface area contributed by atoms with E-state index in [2.05, 4.69) is 16.5 Å². The summed E-state index contributed by atoms with van der Waals surface area (Å²) in [6.45, 7) is 3.44. The van der Waals surface area contributed by atoms with Gasteiger partial charge < -0.3 is 10.3 Å². The average Bonchev–Trinajstić information content (AvgIpc) is 2.86. The summed E-state index contributed by atoms with van der Waals surface area (Å²) in [7, 11) is 0. The molecule has 4 heteroatoms. The maximum atomic E-state index is 13.5. The smallest absolute Gasteiger partial charge is 0.141 e. The van der Waals surface area contributed by atoms with Gasteiger partial charge in [-0.05, 0) is 30.2 Å². The van der Waals surface area contributed by atoms with E-state index in [9.17, 15) is 4.39 Å². The van der Waals surface area contributed by atoms with Gasteiger partial charge in [-0.25, -0.2) is 9.37 Å². The zero-order valence-corrected chi connectivity index (χ0v) is 12.0. The lowest BCUT2D eigenvalue weighted by atomic mass is 10.1. The fourth-order valence-corrected chi connectivity index (χ4v) is 2.56. The van der Waals surface area contributed by atoms with E-state index in [0.29, 0.717) is 6.54 Å². The largest absolute Gasteiger partial charge is 0.326 e.